The Bertz CT molecular complexity index is 943. The quantitative estimate of drug-likeness (QED) is 0.695. The van der Waals surface area contributed by atoms with Gasteiger partial charge in [-0.25, -0.2) is 9.37 Å². The van der Waals surface area contributed by atoms with Gasteiger partial charge in [0.2, 0.25) is 5.91 Å². The Labute approximate surface area is 195 Å². The first-order chi connectivity index (χ1) is 16.0. The van der Waals surface area contributed by atoms with Crippen LogP contribution in [0.15, 0.2) is 30.6 Å². The molecule has 0 N–H and O–H groups in total. The molecule has 2 saturated heterocycles. The molecular formula is C25H33FN6O. The van der Waals surface area contributed by atoms with Gasteiger partial charge in [-0.3, -0.25) is 19.6 Å². The summed E-state index contributed by atoms with van der Waals surface area (Å²) in [6.07, 6.45) is 7.49. The zero-order valence-corrected chi connectivity index (χ0v) is 19.4. The van der Waals surface area contributed by atoms with E-state index in [1.807, 2.05) is 17.9 Å². The van der Waals surface area contributed by atoms with Gasteiger partial charge in [0.1, 0.15) is 11.6 Å². The monoisotopic (exact) mass is 452 g/mol. The Morgan fingerprint density at radius 2 is 1.73 bits per heavy atom. The van der Waals surface area contributed by atoms with E-state index < -0.39 is 0 Å². The Balaban J connectivity index is 1.09. The number of nitrogens with zero attached hydrogens (tertiary/aromatic N) is 6. The number of carbonyl (C=O) groups is 1. The van der Waals surface area contributed by atoms with Crippen LogP contribution in [0.4, 0.5) is 10.2 Å². The lowest BCUT2D eigenvalue weighted by Gasteiger charge is -2.43. The fourth-order valence-electron chi connectivity index (χ4n) is 5.03. The van der Waals surface area contributed by atoms with E-state index in [4.69, 9.17) is 0 Å². The van der Waals surface area contributed by atoms with Crippen LogP contribution in [0.5, 0.6) is 0 Å². The fourth-order valence-corrected chi connectivity index (χ4v) is 5.03. The normalized spacial score (nSPS) is 20.7. The van der Waals surface area contributed by atoms with Crippen LogP contribution in [-0.2, 0) is 4.79 Å². The Morgan fingerprint density at radius 1 is 0.970 bits per heavy atom. The van der Waals surface area contributed by atoms with Crippen molar-refractivity contribution in [2.45, 2.75) is 32.2 Å². The third-order valence-corrected chi connectivity index (χ3v) is 7.29. The average Bonchev–Trinajstić information content (AvgIpc) is 2.78. The molecule has 0 radical (unpaired) electrons. The number of piperazine rings is 2. The second-order valence-corrected chi connectivity index (χ2v) is 9.54. The number of rotatable bonds is 5. The van der Waals surface area contributed by atoms with Crippen molar-refractivity contribution >= 4 is 11.7 Å². The number of hydrogen-bond acceptors (Lipinski definition) is 6. The van der Waals surface area contributed by atoms with Crippen LogP contribution in [0.3, 0.4) is 0 Å². The third-order valence-electron chi connectivity index (χ3n) is 7.29. The van der Waals surface area contributed by atoms with Crippen molar-refractivity contribution in [1.82, 2.24) is 24.7 Å². The molecular weight excluding hydrogens is 419 g/mol. The lowest BCUT2D eigenvalue weighted by molar-refractivity contribution is -0.134. The molecule has 0 spiro atoms. The molecule has 2 aliphatic heterocycles. The van der Waals surface area contributed by atoms with Gasteiger partial charge >= 0.3 is 0 Å². The number of hydrogen-bond donors (Lipinski definition) is 0. The fraction of sp³-hybridized carbons (Fsp3) is 0.560. The van der Waals surface area contributed by atoms with Gasteiger partial charge in [0.05, 0.1) is 24.6 Å². The molecule has 3 heterocycles. The largest absolute Gasteiger partial charge is 0.353 e. The molecule has 1 aromatic carbocycles. The first-order valence-corrected chi connectivity index (χ1v) is 12.1. The number of amides is 1. The summed E-state index contributed by atoms with van der Waals surface area (Å²) in [6.45, 7) is 9.44. The van der Waals surface area contributed by atoms with Gasteiger partial charge in [-0.05, 0) is 43.5 Å². The van der Waals surface area contributed by atoms with Crippen LogP contribution in [-0.4, -0.2) is 95.5 Å². The van der Waals surface area contributed by atoms with Gasteiger partial charge < -0.3 is 9.80 Å². The Kier molecular flexibility index (Phi) is 6.55. The number of anilines is 1. The first-order valence-electron chi connectivity index (χ1n) is 12.1. The van der Waals surface area contributed by atoms with Crippen LogP contribution in [0.1, 0.15) is 24.8 Å². The molecule has 1 saturated carbocycles. The summed E-state index contributed by atoms with van der Waals surface area (Å²) < 4.78 is 13.7. The van der Waals surface area contributed by atoms with E-state index in [1.54, 1.807) is 12.4 Å². The number of carbonyl (C=O) groups excluding carboxylic acids is 1. The SMILES string of the molecule is Cc1cc(F)cc(-c2cnc(N3CCN(CC(=O)N4CCN(C5CCC5)CC4)CC3)cn2)c1. The van der Waals surface area contributed by atoms with E-state index in [2.05, 4.69) is 24.7 Å². The third kappa shape index (κ3) is 5.17. The smallest absolute Gasteiger partial charge is 0.236 e. The predicted octanol–water partition coefficient (Wildman–Crippen LogP) is 2.41. The molecule has 1 aliphatic carbocycles. The summed E-state index contributed by atoms with van der Waals surface area (Å²) in [6, 6.07) is 5.67. The van der Waals surface area contributed by atoms with Gasteiger partial charge in [-0.2, -0.15) is 0 Å². The van der Waals surface area contributed by atoms with Crippen molar-refractivity contribution in [3.05, 3.63) is 42.0 Å². The maximum atomic E-state index is 13.7. The topological polar surface area (TPSA) is 55.8 Å². The Hall–Kier alpha value is -2.58. The number of halogens is 1. The van der Waals surface area contributed by atoms with Crippen molar-refractivity contribution in [2.75, 3.05) is 63.8 Å². The van der Waals surface area contributed by atoms with E-state index in [0.717, 1.165) is 75.3 Å². The van der Waals surface area contributed by atoms with E-state index in [1.165, 1.54) is 31.4 Å². The zero-order chi connectivity index (χ0) is 22.8. The van der Waals surface area contributed by atoms with E-state index in [0.29, 0.717) is 12.2 Å². The van der Waals surface area contributed by atoms with Crippen molar-refractivity contribution in [3.8, 4) is 11.3 Å². The summed E-state index contributed by atoms with van der Waals surface area (Å²) in [4.78, 5) is 30.9. The molecule has 3 aliphatic rings. The van der Waals surface area contributed by atoms with Crippen molar-refractivity contribution in [2.24, 2.45) is 0 Å². The lowest BCUT2D eigenvalue weighted by atomic mass is 9.91. The molecule has 2 aromatic rings. The summed E-state index contributed by atoms with van der Waals surface area (Å²) in [5.74, 6) is 0.818. The molecule has 0 atom stereocenters. The van der Waals surface area contributed by atoms with E-state index in [9.17, 15) is 9.18 Å². The van der Waals surface area contributed by atoms with Gasteiger partial charge in [-0.15, -0.1) is 0 Å². The lowest BCUT2D eigenvalue weighted by Crippen LogP contribution is -2.56. The van der Waals surface area contributed by atoms with Crippen LogP contribution in [0.2, 0.25) is 0 Å². The highest BCUT2D eigenvalue weighted by atomic mass is 19.1. The molecule has 3 fully saturated rings. The van der Waals surface area contributed by atoms with Crippen molar-refractivity contribution in [3.63, 3.8) is 0 Å². The standard InChI is InChI=1S/C25H33FN6O/c1-19-13-20(15-21(26)14-19)23-16-28-24(17-27-23)31-7-5-29(6-8-31)18-25(33)32-11-9-30(10-12-32)22-3-2-4-22/h13-17,22H,2-12,18H2,1H3. The van der Waals surface area contributed by atoms with Gasteiger partial charge in [0.15, 0.2) is 0 Å². The first kappa shape index (κ1) is 22.2. The molecule has 0 unspecified atom stereocenters. The summed E-state index contributed by atoms with van der Waals surface area (Å²) in [7, 11) is 0. The second kappa shape index (κ2) is 9.73. The molecule has 33 heavy (non-hydrogen) atoms. The highest BCUT2D eigenvalue weighted by Crippen LogP contribution is 2.25. The van der Waals surface area contributed by atoms with Gasteiger partial charge in [0.25, 0.3) is 0 Å². The summed E-state index contributed by atoms with van der Waals surface area (Å²) >= 11 is 0. The number of benzene rings is 1. The molecule has 0 bridgehead atoms. The molecule has 1 aromatic heterocycles. The summed E-state index contributed by atoms with van der Waals surface area (Å²) in [5.41, 5.74) is 2.27. The molecule has 1 amide bonds. The van der Waals surface area contributed by atoms with Crippen LogP contribution in [0, 0.1) is 12.7 Å². The maximum absolute atomic E-state index is 13.7. The van der Waals surface area contributed by atoms with Gasteiger partial charge in [0, 0.05) is 64.0 Å². The minimum Gasteiger partial charge on any atom is -0.353 e. The summed E-state index contributed by atoms with van der Waals surface area (Å²) in [5, 5.41) is 0. The van der Waals surface area contributed by atoms with E-state index >= 15 is 0 Å². The van der Waals surface area contributed by atoms with Crippen molar-refractivity contribution < 1.29 is 9.18 Å². The van der Waals surface area contributed by atoms with Crippen molar-refractivity contribution in [1.29, 1.82) is 0 Å². The number of aryl methyl sites for hydroxylation is 1. The highest BCUT2D eigenvalue weighted by molar-refractivity contribution is 5.78. The van der Waals surface area contributed by atoms with E-state index in [-0.39, 0.29) is 11.7 Å². The minimum absolute atomic E-state index is 0.256. The number of aromatic nitrogens is 2. The second-order valence-electron chi connectivity index (χ2n) is 9.54. The zero-order valence-electron chi connectivity index (χ0n) is 19.4. The minimum atomic E-state index is -0.262. The average molecular weight is 453 g/mol. The Morgan fingerprint density at radius 3 is 2.33 bits per heavy atom. The molecule has 176 valence electrons. The van der Waals surface area contributed by atoms with Crippen LogP contribution >= 0.6 is 0 Å². The maximum Gasteiger partial charge on any atom is 0.236 e. The van der Waals surface area contributed by atoms with Gasteiger partial charge in [-0.1, -0.05) is 6.42 Å². The predicted molar refractivity (Wildman–Crippen MR) is 127 cm³/mol. The van der Waals surface area contributed by atoms with Crippen LogP contribution < -0.4 is 4.90 Å². The highest BCUT2D eigenvalue weighted by Gasteiger charge is 2.30. The molecule has 7 nitrogen and oxygen atoms in total. The van der Waals surface area contributed by atoms with Crippen LogP contribution in [0.25, 0.3) is 11.3 Å². The molecule has 8 heteroatoms. The molecule has 5 rings (SSSR count).